The maximum absolute atomic E-state index is 13.7. The number of aromatic nitrogens is 2. The minimum absolute atomic E-state index is 0.0194. The van der Waals surface area contributed by atoms with Crippen LogP contribution in [0.4, 0.5) is 10.2 Å². The SMILES string of the molecule is COc1ccc(CN(c2ccncn2)S(=O)(=O)c2ccc(F)c(C#N)c2)c(C)c1. The number of aryl methyl sites for hydroxylation is 1. The molecule has 1 heterocycles. The van der Waals surface area contributed by atoms with E-state index in [9.17, 15) is 12.8 Å². The summed E-state index contributed by atoms with van der Waals surface area (Å²) in [4.78, 5) is 7.68. The lowest BCUT2D eigenvalue weighted by molar-refractivity contribution is 0.414. The van der Waals surface area contributed by atoms with Crippen molar-refractivity contribution in [3.63, 3.8) is 0 Å². The quantitative estimate of drug-likeness (QED) is 0.617. The summed E-state index contributed by atoms with van der Waals surface area (Å²) >= 11 is 0. The van der Waals surface area contributed by atoms with Crippen LogP contribution in [0.15, 0.2) is 59.9 Å². The lowest BCUT2D eigenvalue weighted by atomic mass is 10.1. The van der Waals surface area contributed by atoms with E-state index in [0.717, 1.165) is 33.6 Å². The van der Waals surface area contributed by atoms with Crippen molar-refractivity contribution in [3.8, 4) is 11.8 Å². The van der Waals surface area contributed by atoms with Crippen LogP contribution in [0.2, 0.25) is 0 Å². The normalized spacial score (nSPS) is 11.0. The number of anilines is 1. The van der Waals surface area contributed by atoms with Crippen LogP contribution in [0.1, 0.15) is 16.7 Å². The van der Waals surface area contributed by atoms with Crippen molar-refractivity contribution in [3.05, 3.63) is 77.5 Å². The maximum atomic E-state index is 13.7. The first kappa shape index (κ1) is 20.2. The zero-order valence-corrected chi connectivity index (χ0v) is 16.5. The average Bonchev–Trinajstić information content (AvgIpc) is 2.73. The van der Waals surface area contributed by atoms with Gasteiger partial charge in [-0.25, -0.2) is 27.1 Å². The van der Waals surface area contributed by atoms with Crippen LogP contribution in [0.25, 0.3) is 0 Å². The first-order valence-corrected chi connectivity index (χ1v) is 9.92. The molecule has 9 heteroatoms. The molecular weight excluding hydrogens is 395 g/mol. The van der Waals surface area contributed by atoms with Gasteiger partial charge in [0.2, 0.25) is 0 Å². The fourth-order valence-electron chi connectivity index (χ4n) is 2.73. The molecule has 0 N–H and O–H groups in total. The third-order valence-corrected chi connectivity index (χ3v) is 6.08. The Morgan fingerprint density at radius 3 is 2.62 bits per heavy atom. The van der Waals surface area contributed by atoms with E-state index >= 15 is 0 Å². The van der Waals surface area contributed by atoms with Crippen molar-refractivity contribution < 1.29 is 17.5 Å². The Balaban J connectivity index is 2.10. The fourth-order valence-corrected chi connectivity index (χ4v) is 4.15. The molecule has 148 valence electrons. The van der Waals surface area contributed by atoms with Crippen molar-refractivity contribution in [2.45, 2.75) is 18.4 Å². The summed E-state index contributed by atoms with van der Waals surface area (Å²) in [5.74, 6) is 0.0176. The van der Waals surface area contributed by atoms with Crippen molar-refractivity contribution in [1.82, 2.24) is 9.97 Å². The lowest BCUT2D eigenvalue weighted by Gasteiger charge is -2.24. The Kier molecular flexibility index (Phi) is 5.75. The molecule has 0 amide bonds. The molecule has 1 aromatic heterocycles. The molecule has 7 nitrogen and oxygen atoms in total. The van der Waals surface area contributed by atoms with Gasteiger partial charge in [-0.15, -0.1) is 0 Å². The van der Waals surface area contributed by atoms with E-state index in [2.05, 4.69) is 9.97 Å². The number of benzene rings is 2. The number of halogens is 1. The van der Waals surface area contributed by atoms with Crippen LogP contribution in [-0.2, 0) is 16.6 Å². The highest BCUT2D eigenvalue weighted by Gasteiger charge is 2.27. The highest BCUT2D eigenvalue weighted by molar-refractivity contribution is 7.92. The molecule has 0 fully saturated rings. The minimum Gasteiger partial charge on any atom is -0.497 e. The Morgan fingerprint density at radius 2 is 2.00 bits per heavy atom. The van der Waals surface area contributed by atoms with Crippen molar-refractivity contribution in [1.29, 1.82) is 5.26 Å². The molecule has 0 aliphatic heterocycles. The van der Waals surface area contributed by atoms with E-state index in [4.69, 9.17) is 10.00 Å². The first-order chi connectivity index (χ1) is 13.9. The molecule has 0 radical (unpaired) electrons. The van der Waals surface area contributed by atoms with Crippen molar-refractivity contribution >= 4 is 15.8 Å². The van der Waals surface area contributed by atoms with Crippen LogP contribution in [0.3, 0.4) is 0 Å². The number of rotatable bonds is 6. The van der Waals surface area contributed by atoms with Gasteiger partial charge in [-0.2, -0.15) is 5.26 Å². The summed E-state index contributed by atoms with van der Waals surface area (Å²) in [7, 11) is -2.59. The topological polar surface area (TPSA) is 96.2 Å². The van der Waals surface area contributed by atoms with E-state index in [1.54, 1.807) is 31.4 Å². The van der Waals surface area contributed by atoms with Gasteiger partial charge in [0, 0.05) is 12.3 Å². The second kappa shape index (κ2) is 8.24. The van der Waals surface area contributed by atoms with E-state index in [1.807, 2.05) is 6.92 Å². The molecule has 0 aliphatic rings. The van der Waals surface area contributed by atoms with Gasteiger partial charge in [0.15, 0.2) is 0 Å². The molecule has 0 aliphatic carbocycles. The Morgan fingerprint density at radius 1 is 1.21 bits per heavy atom. The molecule has 3 aromatic rings. The predicted molar refractivity (Wildman–Crippen MR) is 104 cm³/mol. The van der Waals surface area contributed by atoms with Crippen LogP contribution >= 0.6 is 0 Å². The summed E-state index contributed by atoms with van der Waals surface area (Å²) in [6, 6.07) is 11.5. The van der Waals surface area contributed by atoms with Gasteiger partial charge < -0.3 is 4.74 Å². The van der Waals surface area contributed by atoms with E-state index in [0.29, 0.717) is 5.75 Å². The molecule has 2 aromatic carbocycles. The second-order valence-corrected chi connectivity index (χ2v) is 7.99. The van der Waals surface area contributed by atoms with Crippen LogP contribution in [0, 0.1) is 24.1 Å². The number of nitrogens with zero attached hydrogens (tertiary/aromatic N) is 4. The highest BCUT2D eigenvalue weighted by atomic mass is 32.2. The molecule has 0 unspecified atom stereocenters. The Hall–Kier alpha value is -3.51. The van der Waals surface area contributed by atoms with E-state index in [1.165, 1.54) is 18.6 Å². The van der Waals surface area contributed by atoms with E-state index in [-0.39, 0.29) is 22.8 Å². The van der Waals surface area contributed by atoms with Gasteiger partial charge in [0.05, 0.1) is 24.1 Å². The third-order valence-electron chi connectivity index (χ3n) is 4.33. The van der Waals surface area contributed by atoms with Gasteiger partial charge in [0.25, 0.3) is 10.0 Å². The number of hydrogen-bond donors (Lipinski definition) is 0. The molecule has 3 rings (SSSR count). The molecule has 0 bridgehead atoms. The summed E-state index contributed by atoms with van der Waals surface area (Å²) < 4.78 is 46.7. The number of nitriles is 1. The second-order valence-electron chi connectivity index (χ2n) is 6.13. The van der Waals surface area contributed by atoms with Crippen LogP contribution < -0.4 is 9.04 Å². The van der Waals surface area contributed by atoms with Gasteiger partial charge >= 0.3 is 0 Å². The van der Waals surface area contributed by atoms with Gasteiger partial charge in [-0.1, -0.05) is 6.07 Å². The summed E-state index contributed by atoms with van der Waals surface area (Å²) in [5, 5.41) is 9.05. The first-order valence-electron chi connectivity index (χ1n) is 8.48. The highest BCUT2D eigenvalue weighted by Crippen LogP contribution is 2.27. The van der Waals surface area contributed by atoms with Crippen LogP contribution in [-0.4, -0.2) is 25.5 Å². The number of ether oxygens (including phenoxy) is 1. The monoisotopic (exact) mass is 412 g/mol. The van der Waals surface area contributed by atoms with E-state index < -0.39 is 15.8 Å². The maximum Gasteiger partial charge on any atom is 0.265 e. The average molecular weight is 412 g/mol. The number of methoxy groups -OCH3 is 1. The van der Waals surface area contributed by atoms with Gasteiger partial charge in [-0.05, 0) is 48.4 Å². The number of sulfonamides is 1. The zero-order valence-electron chi connectivity index (χ0n) is 15.7. The number of hydrogen-bond acceptors (Lipinski definition) is 6. The minimum atomic E-state index is -4.14. The van der Waals surface area contributed by atoms with Gasteiger partial charge in [-0.3, -0.25) is 0 Å². The predicted octanol–water partition coefficient (Wildman–Crippen LogP) is 3.20. The molecular formula is C20H17FN4O3S. The smallest absolute Gasteiger partial charge is 0.265 e. The Bertz CT molecular complexity index is 1180. The standard InChI is InChI=1S/C20H17FN4O3S/c1-14-9-17(28-2)4-3-15(14)12-25(20-7-8-23-13-24-20)29(26,27)18-5-6-19(21)16(10-18)11-22/h3-10,13H,12H2,1-2H3. The third kappa shape index (κ3) is 4.17. The van der Waals surface area contributed by atoms with Crippen LogP contribution in [0.5, 0.6) is 5.75 Å². The van der Waals surface area contributed by atoms with Crippen molar-refractivity contribution in [2.75, 3.05) is 11.4 Å². The fraction of sp³-hybridized carbons (Fsp3) is 0.150. The molecule has 0 atom stereocenters. The molecule has 0 saturated heterocycles. The molecule has 0 saturated carbocycles. The van der Waals surface area contributed by atoms with Gasteiger partial charge in [0.1, 0.15) is 29.8 Å². The zero-order chi connectivity index (χ0) is 21.0. The summed E-state index contributed by atoms with van der Waals surface area (Å²) in [5.41, 5.74) is 1.21. The largest absolute Gasteiger partial charge is 0.497 e. The van der Waals surface area contributed by atoms with Crippen molar-refractivity contribution in [2.24, 2.45) is 0 Å². The molecule has 29 heavy (non-hydrogen) atoms. The lowest BCUT2D eigenvalue weighted by Crippen LogP contribution is -2.31. The molecule has 0 spiro atoms. The summed E-state index contributed by atoms with van der Waals surface area (Å²) in [6.07, 6.45) is 2.67. The Labute approximate surface area is 168 Å². The summed E-state index contributed by atoms with van der Waals surface area (Å²) in [6.45, 7) is 1.82.